The number of likely N-dealkylation sites (tertiary alicyclic amines) is 1. The summed E-state index contributed by atoms with van der Waals surface area (Å²) in [5.41, 5.74) is 10.9. The van der Waals surface area contributed by atoms with Crippen molar-refractivity contribution in [3.05, 3.63) is 87.3 Å². The van der Waals surface area contributed by atoms with Gasteiger partial charge in [-0.2, -0.15) is 0 Å². The van der Waals surface area contributed by atoms with Crippen molar-refractivity contribution in [1.82, 2.24) is 14.5 Å². The average molecular weight is 554 g/mol. The number of carboxylic acids is 1. The number of benzene rings is 2. The van der Waals surface area contributed by atoms with Crippen molar-refractivity contribution in [2.45, 2.75) is 44.4 Å². The quantitative estimate of drug-likeness (QED) is 0.304. The maximum Gasteiger partial charge on any atom is 0.396 e. The monoisotopic (exact) mass is 553 g/mol. The number of fused-ring (bicyclic) bond motifs is 2. The largest absolute Gasteiger partial charge is 0.481 e. The maximum atomic E-state index is 13.1. The van der Waals surface area contributed by atoms with Gasteiger partial charge in [-0.25, -0.2) is 10.3 Å². The number of piperidine rings is 1. The summed E-state index contributed by atoms with van der Waals surface area (Å²) >= 11 is 0. The summed E-state index contributed by atoms with van der Waals surface area (Å²) in [6.07, 6.45) is 8.40. The molecule has 41 heavy (non-hydrogen) atoms. The highest BCUT2D eigenvalue weighted by Gasteiger charge is 2.23. The molecule has 1 amide bonds. The first-order valence-electron chi connectivity index (χ1n) is 14.1. The Morgan fingerprint density at radius 1 is 1.07 bits per heavy atom. The summed E-state index contributed by atoms with van der Waals surface area (Å²) in [6.45, 7) is 2.40. The Hall–Kier alpha value is -4.57. The van der Waals surface area contributed by atoms with E-state index in [1.807, 2.05) is 18.2 Å². The number of hydrogen-bond acceptors (Lipinski definition) is 6. The first-order valence-corrected chi connectivity index (χ1v) is 14.1. The van der Waals surface area contributed by atoms with Crippen LogP contribution < -0.4 is 21.5 Å². The van der Waals surface area contributed by atoms with Crippen LogP contribution in [0.25, 0.3) is 16.7 Å². The number of nitrogens with one attached hydrogen (secondary N) is 2. The van der Waals surface area contributed by atoms with E-state index in [4.69, 9.17) is 15.8 Å². The third-order valence-corrected chi connectivity index (χ3v) is 8.29. The van der Waals surface area contributed by atoms with Gasteiger partial charge in [0.15, 0.2) is 0 Å². The van der Waals surface area contributed by atoms with Gasteiger partial charge in [-0.3, -0.25) is 19.0 Å². The molecule has 1 aliphatic heterocycles. The molecule has 1 saturated heterocycles. The molecule has 3 heterocycles. The lowest BCUT2D eigenvalue weighted by atomic mass is 9.89. The number of carbonyl (C=O) groups is 2. The van der Waals surface area contributed by atoms with Crippen molar-refractivity contribution in [1.29, 1.82) is 0 Å². The third kappa shape index (κ3) is 5.55. The summed E-state index contributed by atoms with van der Waals surface area (Å²) in [5.74, 6) is -0.634. The number of aryl methyl sites for hydroxylation is 2. The molecule has 10 nitrogen and oxygen atoms in total. The van der Waals surface area contributed by atoms with Gasteiger partial charge >= 0.3 is 11.9 Å². The van der Waals surface area contributed by atoms with Crippen LogP contribution in [0, 0.1) is 0 Å². The van der Waals surface area contributed by atoms with E-state index in [2.05, 4.69) is 39.5 Å². The van der Waals surface area contributed by atoms with Crippen LogP contribution in [0.15, 0.2) is 59.7 Å². The van der Waals surface area contributed by atoms with Gasteiger partial charge in [0.25, 0.3) is 5.91 Å². The number of aliphatic carboxylic acids is 1. The maximum absolute atomic E-state index is 13.1. The van der Waals surface area contributed by atoms with Crippen molar-refractivity contribution >= 4 is 34.5 Å². The van der Waals surface area contributed by atoms with Crippen LogP contribution in [-0.2, 0) is 17.6 Å². The highest BCUT2D eigenvalue weighted by atomic mass is 16.4. The normalized spacial score (nSPS) is 15.6. The van der Waals surface area contributed by atoms with Crippen LogP contribution >= 0.6 is 0 Å². The molecule has 5 N–H and O–H groups in total. The molecule has 2 aliphatic rings. The number of rotatable bonds is 8. The molecule has 4 aromatic rings. The van der Waals surface area contributed by atoms with Crippen LogP contribution in [0.2, 0.25) is 0 Å². The Morgan fingerprint density at radius 2 is 1.83 bits per heavy atom. The fourth-order valence-corrected chi connectivity index (χ4v) is 6.01. The Balaban J connectivity index is 1.24. The van der Waals surface area contributed by atoms with E-state index in [-0.39, 0.29) is 17.4 Å². The van der Waals surface area contributed by atoms with Crippen LogP contribution in [0.1, 0.15) is 58.6 Å². The molecule has 2 aromatic heterocycles. The minimum absolute atomic E-state index is 0.0859. The van der Waals surface area contributed by atoms with Gasteiger partial charge in [-0.1, -0.05) is 23.2 Å². The molecule has 0 bridgehead atoms. The molecule has 1 aliphatic carbocycles. The molecule has 0 spiro atoms. The van der Waals surface area contributed by atoms with Crippen molar-refractivity contribution in [3.8, 4) is 5.69 Å². The average Bonchev–Trinajstić information content (AvgIpc) is 3.45. The number of carbonyl (C=O) groups excluding carboxylic acids is 1. The number of amides is 1. The zero-order valence-electron chi connectivity index (χ0n) is 22.7. The summed E-state index contributed by atoms with van der Waals surface area (Å²) in [6, 6.07) is 14.4. The second kappa shape index (κ2) is 11.1. The Kier molecular flexibility index (Phi) is 7.23. The topological polar surface area (TPSA) is 145 Å². The van der Waals surface area contributed by atoms with Gasteiger partial charge in [0.1, 0.15) is 10.9 Å². The summed E-state index contributed by atoms with van der Waals surface area (Å²) in [7, 11) is 0. The molecule has 6 rings (SSSR count). The van der Waals surface area contributed by atoms with E-state index < -0.39 is 17.3 Å². The summed E-state index contributed by atoms with van der Waals surface area (Å²) in [4.78, 5) is 46.0. The molecule has 1 fully saturated rings. The minimum Gasteiger partial charge on any atom is -0.481 e. The van der Waals surface area contributed by atoms with Gasteiger partial charge in [0.2, 0.25) is 11.1 Å². The second-order valence-electron chi connectivity index (χ2n) is 10.9. The van der Waals surface area contributed by atoms with Crippen LogP contribution in [0.5, 0.6) is 0 Å². The highest BCUT2D eigenvalue weighted by Crippen LogP contribution is 2.30. The summed E-state index contributed by atoms with van der Waals surface area (Å²) in [5, 5.41) is 12.5. The number of aromatic nitrogens is 3. The SMILES string of the molecule is NC(=O)c1cn(-c2ccc3c(c2)CCC3)c2nc(Nc3ccc(C4CCN(CCC(=O)O)CC4)cc3)[nH+]cc2c1=O. The van der Waals surface area contributed by atoms with Gasteiger partial charge in [-0.05, 0) is 92.1 Å². The number of hydrogen-bond donors (Lipinski definition) is 3. The van der Waals surface area contributed by atoms with Gasteiger partial charge in [-0.15, -0.1) is 0 Å². The molecular formula is C31H33N6O4+. The smallest absolute Gasteiger partial charge is 0.396 e. The number of primary amides is 1. The fourth-order valence-electron chi connectivity index (χ4n) is 6.01. The number of nitrogens with zero attached hydrogens (tertiary/aromatic N) is 3. The number of H-pyrrole nitrogens is 1. The number of anilines is 2. The number of nitrogens with two attached hydrogens (primary N) is 1. The zero-order valence-corrected chi connectivity index (χ0v) is 22.7. The lowest BCUT2D eigenvalue weighted by Crippen LogP contribution is -2.34. The molecule has 2 aromatic carbocycles. The third-order valence-electron chi connectivity index (χ3n) is 8.29. The zero-order chi connectivity index (χ0) is 28.5. The first kappa shape index (κ1) is 26.6. The summed E-state index contributed by atoms with van der Waals surface area (Å²) < 4.78 is 1.76. The van der Waals surface area contributed by atoms with E-state index in [0.29, 0.717) is 24.1 Å². The van der Waals surface area contributed by atoms with Crippen molar-refractivity contribution < 1.29 is 19.7 Å². The molecule has 210 valence electrons. The second-order valence-corrected chi connectivity index (χ2v) is 10.9. The molecule has 0 radical (unpaired) electrons. The predicted molar refractivity (Wildman–Crippen MR) is 155 cm³/mol. The van der Waals surface area contributed by atoms with E-state index in [1.54, 1.807) is 10.8 Å². The fraction of sp³-hybridized carbons (Fsp3) is 0.323. The van der Waals surface area contributed by atoms with Gasteiger partial charge in [0, 0.05) is 18.4 Å². The Bertz CT molecular complexity index is 1690. The Morgan fingerprint density at radius 3 is 2.56 bits per heavy atom. The molecule has 0 saturated carbocycles. The standard InChI is InChI=1S/C31H32N6O4/c32-29(41)26-18-37(24-9-6-19-2-1-3-22(19)16-24)30-25(28(26)40)17-33-31(35-30)34-23-7-4-20(5-8-23)21-10-13-36(14-11-21)15-12-27(38)39/h4-9,16-18,21H,1-3,10-15H2,(H2,32,41)(H,38,39)(H,33,34,35)/p+1. The van der Waals surface area contributed by atoms with Gasteiger partial charge < -0.3 is 15.7 Å². The lowest BCUT2D eigenvalue weighted by molar-refractivity contribution is -0.362. The molecule has 10 heteroatoms. The highest BCUT2D eigenvalue weighted by molar-refractivity contribution is 5.96. The van der Waals surface area contributed by atoms with Crippen LogP contribution in [0.3, 0.4) is 0 Å². The first-order chi connectivity index (χ1) is 19.9. The van der Waals surface area contributed by atoms with E-state index >= 15 is 0 Å². The van der Waals surface area contributed by atoms with Gasteiger partial charge in [0.05, 0.1) is 18.3 Å². The molecule has 0 atom stereocenters. The van der Waals surface area contributed by atoms with Crippen LogP contribution in [0.4, 0.5) is 11.6 Å². The van der Waals surface area contributed by atoms with E-state index in [0.717, 1.165) is 56.6 Å². The molecular weight excluding hydrogens is 520 g/mol. The lowest BCUT2D eigenvalue weighted by Gasteiger charge is -2.31. The van der Waals surface area contributed by atoms with Crippen molar-refractivity contribution in [2.75, 3.05) is 25.0 Å². The van der Waals surface area contributed by atoms with E-state index in [9.17, 15) is 14.4 Å². The number of pyridine rings is 1. The molecule has 0 unspecified atom stereocenters. The minimum atomic E-state index is -0.778. The number of carboxylic acid groups (broad SMARTS) is 1. The Labute approximate surface area is 236 Å². The number of aromatic amines is 1. The van der Waals surface area contributed by atoms with E-state index in [1.165, 1.54) is 22.9 Å². The van der Waals surface area contributed by atoms with Crippen molar-refractivity contribution in [3.63, 3.8) is 0 Å². The van der Waals surface area contributed by atoms with Crippen LogP contribution in [-0.4, -0.2) is 51.1 Å². The van der Waals surface area contributed by atoms with Crippen molar-refractivity contribution in [2.24, 2.45) is 5.73 Å². The predicted octanol–water partition coefficient (Wildman–Crippen LogP) is 3.19.